The number of rotatable bonds is 14. The summed E-state index contributed by atoms with van der Waals surface area (Å²) in [6, 6.07) is 81.9. The molecule has 66 heavy (non-hydrogen) atoms. The van der Waals surface area contributed by atoms with E-state index in [1.54, 1.807) is 0 Å². The lowest BCUT2D eigenvalue weighted by Gasteiger charge is -2.30. The average Bonchev–Trinajstić information content (AvgIpc) is 3.79. The summed E-state index contributed by atoms with van der Waals surface area (Å²) in [5.74, 6) is 0. The molecular weight excluding hydrogens is 929 g/mol. The summed E-state index contributed by atoms with van der Waals surface area (Å²) in [5, 5.41) is 0. The fourth-order valence-corrected chi connectivity index (χ4v) is 12.5. The SMILES string of the molecule is BrC1(c2ccc(C3(Br)c4cc(CCc5ccccc5)ccc4-c4ccc(CCc5ccccc5)cc43)cc2)c2cc(CCc3ccccc3)ccc2-c2ccc(CCc3ccccc3)cc21. The highest BCUT2D eigenvalue weighted by Crippen LogP contribution is 2.59. The lowest BCUT2D eigenvalue weighted by Crippen LogP contribution is -2.22. The van der Waals surface area contributed by atoms with Crippen molar-refractivity contribution in [3.63, 3.8) is 0 Å². The van der Waals surface area contributed by atoms with Gasteiger partial charge in [-0.2, -0.15) is 0 Å². The first-order valence-electron chi connectivity index (χ1n) is 23.6. The Hall–Kier alpha value is -6.06. The number of aryl methyl sites for hydroxylation is 8. The van der Waals surface area contributed by atoms with E-state index < -0.39 is 8.65 Å². The molecule has 0 nitrogen and oxygen atoms in total. The number of hydrogen-bond donors (Lipinski definition) is 0. The van der Waals surface area contributed by atoms with Crippen LogP contribution in [0.3, 0.4) is 0 Å². The minimum absolute atomic E-state index is 0.512. The first-order chi connectivity index (χ1) is 32.4. The lowest BCUT2D eigenvalue weighted by atomic mass is 9.83. The van der Waals surface area contributed by atoms with Gasteiger partial charge in [-0.1, -0.05) is 250 Å². The van der Waals surface area contributed by atoms with Crippen LogP contribution >= 0.6 is 31.9 Å². The largest absolute Gasteiger partial charge is 0.102 e. The Morgan fingerprint density at radius 1 is 0.227 bits per heavy atom. The van der Waals surface area contributed by atoms with Crippen molar-refractivity contribution in [3.8, 4) is 22.3 Å². The Morgan fingerprint density at radius 3 is 0.667 bits per heavy atom. The molecule has 9 aromatic carbocycles. The van der Waals surface area contributed by atoms with E-state index in [9.17, 15) is 0 Å². The Labute approximate surface area is 407 Å². The number of hydrogen-bond acceptors (Lipinski definition) is 0. The van der Waals surface area contributed by atoms with E-state index in [0.717, 1.165) is 51.4 Å². The molecule has 322 valence electrons. The second kappa shape index (κ2) is 18.3. The van der Waals surface area contributed by atoms with Gasteiger partial charge in [-0.25, -0.2) is 0 Å². The molecule has 2 heteroatoms. The van der Waals surface area contributed by atoms with Crippen molar-refractivity contribution >= 4 is 31.9 Å². The molecule has 0 amide bonds. The van der Waals surface area contributed by atoms with Gasteiger partial charge in [0.25, 0.3) is 0 Å². The predicted octanol–water partition coefficient (Wildman–Crippen LogP) is 16.2. The summed E-state index contributed by atoms with van der Waals surface area (Å²) in [6.45, 7) is 0. The maximum Gasteiger partial charge on any atom is 0.102 e. The number of halogens is 2. The van der Waals surface area contributed by atoms with E-state index in [-0.39, 0.29) is 0 Å². The third-order valence-electron chi connectivity index (χ3n) is 14.3. The smallest absolute Gasteiger partial charge is 0.0695 e. The van der Waals surface area contributed by atoms with Gasteiger partial charge in [-0.3, -0.25) is 0 Å². The molecule has 9 aromatic rings. The van der Waals surface area contributed by atoms with Gasteiger partial charge in [0, 0.05) is 0 Å². The molecule has 0 saturated heterocycles. The predicted molar refractivity (Wildman–Crippen MR) is 283 cm³/mol. The zero-order chi connectivity index (χ0) is 44.5. The first-order valence-corrected chi connectivity index (χ1v) is 25.2. The number of benzene rings is 9. The van der Waals surface area contributed by atoms with Crippen LogP contribution in [-0.4, -0.2) is 0 Å². The van der Waals surface area contributed by atoms with Crippen molar-refractivity contribution in [2.24, 2.45) is 0 Å². The molecule has 2 aliphatic rings. The second-order valence-corrected chi connectivity index (χ2v) is 20.7. The number of alkyl halides is 2. The van der Waals surface area contributed by atoms with Crippen LogP contribution in [0.25, 0.3) is 22.3 Å². The van der Waals surface area contributed by atoms with E-state index in [1.165, 1.54) is 100 Å². The summed E-state index contributed by atoms with van der Waals surface area (Å²) in [5.41, 5.74) is 24.0. The molecule has 2 aliphatic carbocycles. The molecule has 0 N–H and O–H groups in total. The van der Waals surface area contributed by atoms with Crippen LogP contribution < -0.4 is 0 Å². The molecule has 11 rings (SSSR count). The van der Waals surface area contributed by atoms with Crippen molar-refractivity contribution in [2.75, 3.05) is 0 Å². The van der Waals surface area contributed by atoms with E-state index in [0.29, 0.717) is 0 Å². The van der Waals surface area contributed by atoms with Crippen molar-refractivity contribution in [2.45, 2.75) is 60.0 Å². The molecule has 0 atom stereocenters. The topological polar surface area (TPSA) is 0 Å². The zero-order valence-corrected chi connectivity index (χ0v) is 40.4. The van der Waals surface area contributed by atoms with Gasteiger partial charge in [0.15, 0.2) is 0 Å². The normalized spacial score (nSPS) is 13.7. The summed E-state index contributed by atoms with van der Waals surface area (Å²) in [6.07, 6.45) is 8.01. The van der Waals surface area contributed by atoms with Crippen LogP contribution in [0, 0.1) is 0 Å². The molecular formula is C64H52Br2. The zero-order valence-electron chi connectivity index (χ0n) is 37.2. The van der Waals surface area contributed by atoms with Gasteiger partial charge in [-0.15, -0.1) is 0 Å². The van der Waals surface area contributed by atoms with E-state index in [4.69, 9.17) is 0 Å². The van der Waals surface area contributed by atoms with Crippen LogP contribution in [0.5, 0.6) is 0 Å². The van der Waals surface area contributed by atoms with Gasteiger partial charge in [-0.05, 0) is 152 Å². The molecule has 0 aromatic heterocycles. The summed E-state index contributed by atoms with van der Waals surface area (Å²) < 4.78 is -1.02. The second-order valence-electron chi connectivity index (χ2n) is 18.4. The third-order valence-corrected chi connectivity index (χ3v) is 16.9. The van der Waals surface area contributed by atoms with Gasteiger partial charge in [0.2, 0.25) is 0 Å². The van der Waals surface area contributed by atoms with E-state index >= 15 is 0 Å². The van der Waals surface area contributed by atoms with Crippen molar-refractivity contribution in [1.82, 2.24) is 0 Å². The minimum atomic E-state index is -0.512. The molecule has 0 bridgehead atoms. The highest BCUT2D eigenvalue weighted by molar-refractivity contribution is 9.10. The molecule has 0 unspecified atom stereocenters. The van der Waals surface area contributed by atoms with Gasteiger partial charge in [0.1, 0.15) is 8.65 Å². The van der Waals surface area contributed by atoms with Gasteiger partial charge in [0.05, 0.1) is 0 Å². The Kier molecular flexibility index (Phi) is 11.8. The third kappa shape index (κ3) is 8.14. The van der Waals surface area contributed by atoms with Gasteiger partial charge >= 0.3 is 0 Å². The summed E-state index contributed by atoms with van der Waals surface area (Å²) in [7, 11) is 0. The van der Waals surface area contributed by atoms with Crippen LogP contribution in [-0.2, 0) is 60.0 Å². The Balaban J connectivity index is 0.984. The molecule has 0 heterocycles. The Bertz CT molecular complexity index is 2730. The molecule has 0 radical (unpaired) electrons. The maximum absolute atomic E-state index is 4.57. The van der Waals surface area contributed by atoms with E-state index in [2.05, 4.69) is 250 Å². The lowest BCUT2D eigenvalue weighted by molar-refractivity contribution is 0.898. The fourth-order valence-electron chi connectivity index (χ4n) is 10.6. The highest BCUT2D eigenvalue weighted by atomic mass is 79.9. The first kappa shape index (κ1) is 42.6. The summed E-state index contributed by atoms with van der Waals surface area (Å²) >= 11 is 9.13. The van der Waals surface area contributed by atoms with Crippen molar-refractivity contribution < 1.29 is 0 Å². The molecule has 0 fully saturated rings. The van der Waals surface area contributed by atoms with Crippen molar-refractivity contribution in [3.05, 3.63) is 296 Å². The van der Waals surface area contributed by atoms with Crippen LogP contribution in [0.2, 0.25) is 0 Å². The van der Waals surface area contributed by atoms with Crippen LogP contribution in [0.15, 0.2) is 218 Å². The van der Waals surface area contributed by atoms with Crippen LogP contribution in [0.1, 0.15) is 77.9 Å². The highest BCUT2D eigenvalue weighted by Gasteiger charge is 2.46. The quantitative estimate of drug-likeness (QED) is 0.0953. The minimum Gasteiger partial charge on any atom is -0.0695 e. The standard InChI is InChI=1S/C64H52Br2/c65-63(59-41-49(25-21-45-13-5-1-6-14-45)29-37-55(59)56-38-30-50(42-60(56)63)26-22-46-15-7-2-8-16-46)53-33-35-54(36-34-53)64(66)61-43-51(27-23-47-17-9-3-10-18-47)31-39-57(61)58-40-32-52(44-62(58)64)28-24-48-19-11-4-12-20-48/h1-20,29-44H,21-28H2. The molecule has 0 aliphatic heterocycles. The van der Waals surface area contributed by atoms with Crippen LogP contribution in [0.4, 0.5) is 0 Å². The molecule has 0 spiro atoms. The monoisotopic (exact) mass is 978 g/mol. The average molecular weight is 981 g/mol. The van der Waals surface area contributed by atoms with E-state index in [1.807, 2.05) is 0 Å². The summed E-state index contributed by atoms with van der Waals surface area (Å²) in [4.78, 5) is 0. The van der Waals surface area contributed by atoms with Gasteiger partial charge < -0.3 is 0 Å². The maximum atomic E-state index is 4.57. The Morgan fingerprint density at radius 2 is 0.439 bits per heavy atom. The number of fused-ring (bicyclic) bond motifs is 6. The van der Waals surface area contributed by atoms with Crippen molar-refractivity contribution in [1.29, 1.82) is 0 Å². The fraction of sp³-hybridized carbons (Fsp3) is 0.156. The molecule has 0 saturated carbocycles.